The van der Waals surface area contributed by atoms with Crippen LogP contribution in [0.15, 0.2) is 215 Å². The van der Waals surface area contributed by atoms with Gasteiger partial charge in [0.25, 0.3) is 0 Å². The smallest absolute Gasteiger partial charge is 0.164 e. The van der Waals surface area contributed by atoms with Crippen LogP contribution < -0.4 is 0 Å². The number of hydrogen-bond acceptors (Lipinski definition) is 5. The largest absolute Gasteiger partial charge is 0.456 e. The van der Waals surface area contributed by atoms with Crippen molar-refractivity contribution in [2.24, 2.45) is 0 Å². The van der Waals surface area contributed by atoms with Crippen LogP contribution in [0.1, 0.15) is 0 Å². The van der Waals surface area contributed by atoms with E-state index >= 15 is 0 Å². The SMILES string of the molecule is c1ccc(-c2nc(-c3ccc(-n4c5ccccc5c5cc6ccccc6cc54)c(-c4cccc5oc6cc7ccccc7cc6c45)c3)nc(-c3ccc4oc5ccccc5c4c3)n2)cc1. The first-order valence-corrected chi connectivity index (χ1v) is 21.8. The molecule has 6 heteroatoms. The number of nitrogens with zero attached hydrogens (tertiary/aromatic N) is 4. The molecule has 0 amide bonds. The van der Waals surface area contributed by atoms with E-state index in [9.17, 15) is 0 Å². The molecule has 14 aromatic rings. The Balaban J connectivity index is 1.06. The molecular formula is C59H34N4O2. The summed E-state index contributed by atoms with van der Waals surface area (Å²) < 4.78 is 15.3. The van der Waals surface area contributed by atoms with Gasteiger partial charge in [0.05, 0.1) is 16.7 Å². The third kappa shape index (κ3) is 5.57. The van der Waals surface area contributed by atoms with Crippen LogP contribution in [0.25, 0.3) is 138 Å². The molecule has 0 aliphatic rings. The second-order valence-electron chi connectivity index (χ2n) is 16.8. The molecule has 0 spiro atoms. The molecule has 4 heterocycles. The minimum absolute atomic E-state index is 0.572. The quantitative estimate of drug-likeness (QED) is 0.173. The summed E-state index contributed by atoms with van der Waals surface area (Å²) in [5.41, 5.74) is 11.3. The summed E-state index contributed by atoms with van der Waals surface area (Å²) in [5.74, 6) is 1.75. The Kier molecular flexibility index (Phi) is 7.59. The van der Waals surface area contributed by atoms with Gasteiger partial charge in [0, 0.05) is 54.6 Å². The van der Waals surface area contributed by atoms with Gasteiger partial charge in [-0.1, -0.05) is 127 Å². The van der Waals surface area contributed by atoms with E-state index in [4.69, 9.17) is 23.8 Å². The molecule has 0 atom stereocenters. The molecule has 0 unspecified atom stereocenters. The van der Waals surface area contributed by atoms with Gasteiger partial charge in [0.1, 0.15) is 22.3 Å². The average Bonchev–Trinajstić information content (AvgIpc) is 4.03. The number of rotatable bonds is 5. The Morgan fingerprint density at radius 2 is 0.892 bits per heavy atom. The van der Waals surface area contributed by atoms with Gasteiger partial charge in [0.2, 0.25) is 0 Å². The molecule has 0 N–H and O–H groups in total. The Bertz CT molecular complexity index is 4250. The van der Waals surface area contributed by atoms with E-state index < -0.39 is 0 Å². The summed E-state index contributed by atoms with van der Waals surface area (Å²) in [7, 11) is 0. The minimum Gasteiger partial charge on any atom is -0.456 e. The fraction of sp³-hybridized carbons (Fsp3) is 0. The van der Waals surface area contributed by atoms with Crippen molar-refractivity contribution in [1.29, 1.82) is 0 Å². The lowest BCUT2D eigenvalue weighted by atomic mass is 9.95. The van der Waals surface area contributed by atoms with E-state index in [-0.39, 0.29) is 0 Å². The maximum atomic E-state index is 6.69. The monoisotopic (exact) mass is 830 g/mol. The van der Waals surface area contributed by atoms with Crippen molar-refractivity contribution in [2.45, 2.75) is 0 Å². The Labute approximate surface area is 371 Å². The number of hydrogen-bond donors (Lipinski definition) is 0. The maximum Gasteiger partial charge on any atom is 0.164 e. The van der Waals surface area contributed by atoms with Crippen LogP contribution in [0.3, 0.4) is 0 Å². The zero-order chi connectivity index (χ0) is 42.6. The third-order valence-corrected chi connectivity index (χ3v) is 13.0. The van der Waals surface area contributed by atoms with Crippen LogP contribution in [-0.2, 0) is 0 Å². The third-order valence-electron chi connectivity index (χ3n) is 13.0. The first kappa shape index (κ1) is 35.7. The second-order valence-corrected chi connectivity index (χ2v) is 16.8. The molecule has 0 radical (unpaired) electrons. The molecule has 4 aromatic heterocycles. The van der Waals surface area contributed by atoms with E-state index in [0.717, 1.165) is 99.2 Å². The number of fused-ring (bicyclic) bond motifs is 11. The molecule has 65 heavy (non-hydrogen) atoms. The fourth-order valence-electron chi connectivity index (χ4n) is 9.95. The number of benzene rings is 10. The van der Waals surface area contributed by atoms with E-state index in [1.807, 2.05) is 60.7 Å². The molecule has 0 aliphatic carbocycles. The van der Waals surface area contributed by atoms with Crippen LogP contribution in [0.2, 0.25) is 0 Å². The molecule has 0 bridgehead atoms. The summed E-state index contributed by atoms with van der Waals surface area (Å²) in [6.07, 6.45) is 0. The van der Waals surface area contributed by atoms with E-state index in [2.05, 4.69) is 150 Å². The van der Waals surface area contributed by atoms with Gasteiger partial charge in [-0.3, -0.25) is 0 Å². The van der Waals surface area contributed by atoms with Gasteiger partial charge < -0.3 is 13.4 Å². The van der Waals surface area contributed by atoms with Crippen LogP contribution in [-0.4, -0.2) is 19.5 Å². The lowest BCUT2D eigenvalue weighted by Gasteiger charge is -2.17. The molecule has 0 saturated carbocycles. The molecular weight excluding hydrogens is 797 g/mol. The topological polar surface area (TPSA) is 69.9 Å². The fourth-order valence-corrected chi connectivity index (χ4v) is 9.95. The van der Waals surface area contributed by atoms with E-state index in [1.165, 1.54) is 21.5 Å². The van der Waals surface area contributed by atoms with Crippen molar-refractivity contribution >= 4 is 87.2 Å². The van der Waals surface area contributed by atoms with Crippen molar-refractivity contribution in [3.63, 3.8) is 0 Å². The van der Waals surface area contributed by atoms with Crippen molar-refractivity contribution in [1.82, 2.24) is 19.5 Å². The van der Waals surface area contributed by atoms with Crippen LogP contribution in [0.4, 0.5) is 0 Å². The summed E-state index contributed by atoms with van der Waals surface area (Å²) in [5, 5.41) is 11.3. The van der Waals surface area contributed by atoms with Crippen LogP contribution in [0, 0.1) is 0 Å². The summed E-state index contributed by atoms with van der Waals surface area (Å²) >= 11 is 0. The van der Waals surface area contributed by atoms with Crippen LogP contribution >= 0.6 is 0 Å². The lowest BCUT2D eigenvalue weighted by Crippen LogP contribution is -2.02. The van der Waals surface area contributed by atoms with Gasteiger partial charge in [-0.15, -0.1) is 0 Å². The zero-order valence-corrected chi connectivity index (χ0v) is 34.7. The highest BCUT2D eigenvalue weighted by molar-refractivity contribution is 6.18. The van der Waals surface area contributed by atoms with Crippen LogP contribution in [0.5, 0.6) is 0 Å². The molecule has 0 saturated heterocycles. The van der Waals surface area contributed by atoms with Crippen molar-refractivity contribution in [3.8, 4) is 51.0 Å². The Morgan fingerprint density at radius 3 is 1.69 bits per heavy atom. The van der Waals surface area contributed by atoms with Crippen molar-refractivity contribution in [3.05, 3.63) is 206 Å². The number of para-hydroxylation sites is 2. The van der Waals surface area contributed by atoms with Gasteiger partial charge >= 0.3 is 0 Å². The predicted octanol–water partition coefficient (Wildman–Crippen LogP) is 15.7. The standard InChI is InChI=1S/C59H34N4O2/c1-2-13-35(14-3-1)57-60-58(62-59(61-57)41-26-28-53-47(32-41)43-20-9-11-23-52(43)64-53)40-25-27-50(63-49-22-10-8-19-42(49)45-29-36-15-4-6-17-38(36)33-51(45)63)46(31-40)44-21-12-24-54-56(44)48-30-37-16-5-7-18-39(37)34-55(48)65-54/h1-34H. The molecule has 6 nitrogen and oxygen atoms in total. The van der Waals surface area contributed by atoms with E-state index in [1.54, 1.807) is 0 Å². The number of aromatic nitrogens is 4. The van der Waals surface area contributed by atoms with Gasteiger partial charge in [-0.2, -0.15) is 0 Å². The summed E-state index contributed by atoms with van der Waals surface area (Å²) in [4.78, 5) is 15.6. The normalized spacial score (nSPS) is 12.0. The number of furan rings is 2. The van der Waals surface area contributed by atoms with Gasteiger partial charge in [0.15, 0.2) is 17.5 Å². The van der Waals surface area contributed by atoms with E-state index in [0.29, 0.717) is 17.5 Å². The highest BCUT2D eigenvalue weighted by Crippen LogP contribution is 2.44. The molecule has 0 fully saturated rings. The minimum atomic E-state index is 0.572. The first-order chi connectivity index (χ1) is 32.2. The molecule has 0 aliphatic heterocycles. The summed E-state index contributed by atoms with van der Waals surface area (Å²) in [6.45, 7) is 0. The molecule has 14 rings (SSSR count). The average molecular weight is 831 g/mol. The molecule has 10 aromatic carbocycles. The first-order valence-electron chi connectivity index (χ1n) is 21.8. The zero-order valence-electron chi connectivity index (χ0n) is 34.7. The highest BCUT2D eigenvalue weighted by atomic mass is 16.3. The van der Waals surface area contributed by atoms with Gasteiger partial charge in [-0.05, 0) is 106 Å². The highest BCUT2D eigenvalue weighted by Gasteiger charge is 2.22. The lowest BCUT2D eigenvalue weighted by molar-refractivity contribution is 0.669. The van der Waals surface area contributed by atoms with Crippen molar-refractivity contribution in [2.75, 3.05) is 0 Å². The molecule has 302 valence electrons. The van der Waals surface area contributed by atoms with Gasteiger partial charge in [-0.25, -0.2) is 15.0 Å². The second kappa shape index (κ2) is 13.8. The Hall–Kier alpha value is -8.87. The van der Waals surface area contributed by atoms with Crippen molar-refractivity contribution < 1.29 is 8.83 Å². The summed E-state index contributed by atoms with van der Waals surface area (Å²) in [6, 6.07) is 72.3. The predicted molar refractivity (Wildman–Crippen MR) is 265 cm³/mol. The Morgan fingerprint density at radius 1 is 0.308 bits per heavy atom. The maximum absolute atomic E-state index is 6.69.